The van der Waals surface area contributed by atoms with Gasteiger partial charge in [-0.25, -0.2) is 0 Å². The van der Waals surface area contributed by atoms with Gasteiger partial charge in [0.25, 0.3) is 8.32 Å². The molecule has 1 aromatic rings. The van der Waals surface area contributed by atoms with Crippen LogP contribution < -0.4 is 9.16 Å². The fourth-order valence-electron chi connectivity index (χ4n) is 7.16. The van der Waals surface area contributed by atoms with Gasteiger partial charge in [-0.3, -0.25) is 4.90 Å². The molecular formula is C28H41NO4Si. The summed E-state index contributed by atoms with van der Waals surface area (Å²) in [5.74, 6) is 2.52. The topological polar surface area (TPSA) is 62.2 Å². The summed E-state index contributed by atoms with van der Waals surface area (Å²) in [5.41, 5.74) is 2.41. The van der Waals surface area contributed by atoms with Crippen LogP contribution in [0.2, 0.25) is 18.1 Å². The Morgan fingerprint density at radius 2 is 2.00 bits per heavy atom. The summed E-state index contributed by atoms with van der Waals surface area (Å²) in [5, 5.41) is 22.5. The Morgan fingerprint density at radius 3 is 2.68 bits per heavy atom. The highest BCUT2D eigenvalue weighted by Crippen LogP contribution is 2.66. The maximum atomic E-state index is 12.6. The van der Waals surface area contributed by atoms with Crippen molar-refractivity contribution < 1.29 is 19.4 Å². The van der Waals surface area contributed by atoms with Crippen LogP contribution in [0.25, 0.3) is 0 Å². The number of hydrogen-bond donors (Lipinski definition) is 2. The Kier molecular flexibility index (Phi) is 4.98. The lowest BCUT2D eigenvalue weighted by atomic mass is 9.48. The number of aliphatic hydroxyl groups is 2. The van der Waals surface area contributed by atoms with E-state index in [4.69, 9.17) is 9.16 Å². The molecule has 3 aliphatic carbocycles. The zero-order valence-electron chi connectivity index (χ0n) is 21.5. The smallest absolute Gasteiger partial charge is 0.250 e. The number of rotatable bonds is 5. The quantitative estimate of drug-likeness (QED) is 0.475. The lowest BCUT2D eigenvalue weighted by Gasteiger charge is -2.63. The van der Waals surface area contributed by atoms with E-state index in [1.165, 1.54) is 24.0 Å². The van der Waals surface area contributed by atoms with Crippen molar-refractivity contribution in [3.05, 3.63) is 34.9 Å². The number of benzene rings is 1. The maximum Gasteiger partial charge on any atom is 0.250 e. The molecule has 1 unspecified atom stereocenters. The molecule has 2 heterocycles. The molecule has 2 saturated carbocycles. The van der Waals surface area contributed by atoms with Crippen LogP contribution in [-0.4, -0.2) is 60.9 Å². The standard InChI is InChI=1S/C28H41NO4Si/c1-26(2,3)34(4,5)33-21-9-8-20-16-22-28(31)12-10-19(11-15-30)25-27(28,23(20)24(21)32-25)13-14-29(22)17-18-6-7-18/h8-9,11,18,22,25,30-31H,6-7,10,12-17H2,1-5H3/t22-,25?,27+,28-/m1/s1. The Balaban J connectivity index is 1.50. The summed E-state index contributed by atoms with van der Waals surface area (Å²) in [7, 11) is -2.07. The highest BCUT2D eigenvalue weighted by atomic mass is 28.4. The number of likely N-dealkylation sites (tertiary alicyclic amines) is 1. The Labute approximate surface area is 205 Å². The van der Waals surface area contributed by atoms with Crippen molar-refractivity contribution in [3.8, 4) is 11.5 Å². The van der Waals surface area contributed by atoms with E-state index < -0.39 is 19.3 Å². The van der Waals surface area contributed by atoms with Gasteiger partial charge < -0.3 is 19.4 Å². The van der Waals surface area contributed by atoms with Crippen LogP contribution in [0.15, 0.2) is 23.8 Å². The zero-order chi connectivity index (χ0) is 24.1. The summed E-state index contributed by atoms with van der Waals surface area (Å²) < 4.78 is 13.7. The monoisotopic (exact) mass is 483 g/mol. The van der Waals surface area contributed by atoms with Crippen LogP contribution in [0.5, 0.6) is 11.5 Å². The summed E-state index contributed by atoms with van der Waals surface area (Å²) in [6, 6.07) is 4.52. The van der Waals surface area contributed by atoms with Crippen LogP contribution >= 0.6 is 0 Å². The minimum atomic E-state index is -2.07. The van der Waals surface area contributed by atoms with Crippen LogP contribution in [0.4, 0.5) is 0 Å². The second-order valence-corrected chi connectivity index (χ2v) is 17.8. The number of aliphatic hydroxyl groups excluding tert-OH is 1. The van der Waals surface area contributed by atoms with Gasteiger partial charge in [0.15, 0.2) is 5.75 Å². The van der Waals surface area contributed by atoms with Crippen molar-refractivity contribution in [2.24, 2.45) is 5.92 Å². The molecule has 2 bridgehead atoms. The summed E-state index contributed by atoms with van der Waals surface area (Å²) in [4.78, 5) is 2.60. The van der Waals surface area contributed by atoms with Gasteiger partial charge in [-0.15, -0.1) is 0 Å². The van der Waals surface area contributed by atoms with Crippen molar-refractivity contribution in [1.82, 2.24) is 4.90 Å². The van der Waals surface area contributed by atoms with Crippen molar-refractivity contribution in [1.29, 1.82) is 0 Å². The lowest BCUT2D eigenvalue weighted by molar-refractivity contribution is -0.174. The average Bonchev–Trinajstić information content (AvgIpc) is 3.49. The van der Waals surface area contributed by atoms with Gasteiger partial charge in [-0.2, -0.15) is 0 Å². The second kappa shape index (κ2) is 7.34. The number of hydrogen-bond acceptors (Lipinski definition) is 5. The third-order valence-corrected chi connectivity index (χ3v) is 14.5. The molecule has 5 nitrogen and oxygen atoms in total. The van der Waals surface area contributed by atoms with Gasteiger partial charge in [0, 0.05) is 18.2 Å². The first-order valence-electron chi connectivity index (χ1n) is 13.3. The van der Waals surface area contributed by atoms with E-state index in [0.29, 0.717) is 0 Å². The fourth-order valence-corrected chi connectivity index (χ4v) is 8.18. The minimum Gasteiger partial charge on any atom is -0.541 e. The van der Waals surface area contributed by atoms with Crippen LogP contribution in [0.1, 0.15) is 64.0 Å². The first-order chi connectivity index (χ1) is 16.0. The summed E-state index contributed by atoms with van der Waals surface area (Å²) in [6.45, 7) is 13.5. The van der Waals surface area contributed by atoms with E-state index in [0.717, 1.165) is 61.8 Å². The van der Waals surface area contributed by atoms with Crippen molar-refractivity contribution in [2.75, 3.05) is 19.7 Å². The molecule has 0 radical (unpaired) electrons. The largest absolute Gasteiger partial charge is 0.541 e. The van der Waals surface area contributed by atoms with Gasteiger partial charge in [-0.1, -0.05) is 32.9 Å². The molecule has 34 heavy (non-hydrogen) atoms. The van der Waals surface area contributed by atoms with E-state index in [1.807, 2.05) is 6.08 Å². The molecule has 3 fully saturated rings. The average molecular weight is 484 g/mol. The molecule has 0 amide bonds. The van der Waals surface area contributed by atoms with Crippen molar-refractivity contribution in [2.45, 2.75) is 101 Å². The predicted molar refractivity (Wildman–Crippen MR) is 136 cm³/mol. The molecule has 6 heteroatoms. The van der Waals surface area contributed by atoms with E-state index in [9.17, 15) is 10.2 Å². The number of piperidine rings is 1. The van der Waals surface area contributed by atoms with Gasteiger partial charge in [0.1, 0.15) is 11.9 Å². The van der Waals surface area contributed by atoms with Gasteiger partial charge in [0.2, 0.25) is 0 Å². The van der Waals surface area contributed by atoms with Crippen LogP contribution in [0, 0.1) is 5.92 Å². The summed E-state index contributed by atoms with van der Waals surface area (Å²) in [6.07, 6.45) is 7.65. The third kappa shape index (κ3) is 3.01. The third-order valence-electron chi connectivity index (χ3n) is 10.2. The normalized spacial score (nSPS) is 35.8. The van der Waals surface area contributed by atoms with E-state index in [2.05, 4.69) is 50.9 Å². The molecule has 1 saturated heterocycles. The molecule has 2 N–H and O–H groups in total. The second-order valence-electron chi connectivity index (χ2n) is 13.1. The van der Waals surface area contributed by atoms with Crippen LogP contribution in [0.3, 0.4) is 0 Å². The first-order valence-corrected chi connectivity index (χ1v) is 16.2. The van der Waals surface area contributed by atoms with E-state index >= 15 is 0 Å². The van der Waals surface area contributed by atoms with E-state index in [-0.39, 0.29) is 23.8 Å². The van der Waals surface area contributed by atoms with Gasteiger partial charge in [-0.05, 0) is 86.3 Å². The summed E-state index contributed by atoms with van der Waals surface area (Å²) >= 11 is 0. The molecule has 1 aromatic carbocycles. The highest BCUT2D eigenvalue weighted by Gasteiger charge is 2.72. The van der Waals surface area contributed by atoms with Crippen molar-refractivity contribution >= 4 is 8.32 Å². The Morgan fingerprint density at radius 1 is 1.24 bits per heavy atom. The molecule has 5 aliphatic rings. The molecular weight excluding hydrogens is 442 g/mol. The Hall–Kier alpha value is -1.34. The maximum absolute atomic E-state index is 12.6. The van der Waals surface area contributed by atoms with Gasteiger partial charge in [0.05, 0.1) is 17.6 Å². The lowest BCUT2D eigenvalue weighted by Crippen LogP contribution is -2.75. The number of ether oxygens (including phenoxy) is 1. The SMILES string of the molecule is CC(C)(C)[Si](C)(C)Oc1ccc2c3c1OC1C(=CCO)CC[C@@]4(O)[C@@H](C2)N(CC2CC2)CC[C@]314. The molecule has 1 spiro atoms. The van der Waals surface area contributed by atoms with Crippen LogP contribution in [-0.2, 0) is 11.8 Å². The van der Waals surface area contributed by atoms with E-state index in [1.54, 1.807) is 0 Å². The van der Waals surface area contributed by atoms with Crippen molar-refractivity contribution in [3.63, 3.8) is 0 Å². The molecule has 6 rings (SSSR count). The highest BCUT2D eigenvalue weighted by molar-refractivity contribution is 6.74. The van der Waals surface area contributed by atoms with Gasteiger partial charge >= 0.3 is 0 Å². The predicted octanol–water partition coefficient (Wildman–Crippen LogP) is 4.55. The molecule has 0 aromatic heterocycles. The molecule has 186 valence electrons. The fraction of sp³-hybridized carbons (Fsp3) is 0.714. The molecule has 2 aliphatic heterocycles. The minimum absolute atomic E-state index is 0.0114. The first kappa shape index (κ1) is 23.1. The molecule has 4 atom stereocenters. The Bertz CT molecular complexity index is 1040. The number of nitrogens with zero attached hydrogens (tertiary/aromatic N) is 1. The zero-order valence-corrected chi connectivity index (χ0v) is 22.5.